The fourth-order valence-corrected chi connectivity index (χ4v) is 1.83. The average molecular weight is 245 g/mol. The lowest BCUT2D eigenvalue weighted by Gasteiger charge is -2.22. The topological polar surface area (TPSA) is 87.1 Å². The van der Waals surface area contributed by atoms with E-state index in [1.807, 2.05) is 0 Å². The van der Waals surface area contributed by atoms with Gasteiger partial charge in [0.1, 0.15) is 13.2 Å². The van der Waals surface area contributed by atoms with Crippen molar-refractivity contribution < 1.29 is 24.5 Å². The van der Waals surface area contributed by atoms with E-state index in [2.05, 4.69) is 0 Å². The second-order valence-corrected chi connectivity index (χ2v) is 4.62. The Labute approximate surface area is 100 Å². The van der Waals surface area contributed by atoms with Crippen molar-refractivity contribution in [2.45, 2.75) is 31.8 Å². The fourth-order valence-electron chi connectivity index (χ4n) is 1.83. The number of rotatable bonds is 4. The van der Waals surface area contributed by atoms with Crippen LogP contribution in [0.4, 0.5) is 0 Å². The number of aliphatic hydroxyl groups is 1. The predicted molar refractivity (Wildman–Crippen MR) is 59.5 cm³/mol. The zero-order valence-electron chi connectivity index (χ0n) is 10.0. The van der Waals surface area contributed by atoms with Crippen molar-refractivity contribution in [1.82, 2.24) is 4.90 Å². The lowest BCUT2D eigenvalue weighted by atomic mass is 9.98. The Bertz CT molecular complexity index is 290. The van der Waals surface area contributed by atoms with Gasteiger partial charge in [0.2, 0.25) is 5.91 Å². The molecule has 1 aliphatic heterocycles. The first kappa shape index (κ1) is 13.9. The smallest absolute Gasteiger partial charge is 0.329 e. The maximum atomic E-state index is 11.7. The molecule has 0 radical (unpaired) electrons. The van der Waals surface area contributed by atoms with E-state index >= 15 is 0 Å². The summed E-state index contributed by atoms with van der Waals surface area (Å²) in [6, 6.07) is 0. The number of carboxylic acid groups (broad SMARTS) is 1. The zero-order valence-corrected chi connectivity index (χ0v) is 10.0. The van der Waals surface area contributed by atoms with Crippen LogP contribution in [0.2, 0.25) is 0 Å². The highest BCUT2D eigenvalue weighted by molar-refractivity contribution is 5.78. The van der Waals surface area contributed by atoms with Crippen LogP contribution in [0.1, 0.15) is 26.2 Å². The second kappa shape index (κ2) is 5.97. The Morgan fingerprint density at radius 1 is 1.29 bits per heavy atom. The number of aliphatic carboxylic acids is 1. The summed E-state index contributed by atoms with van der Waals surface area (Å²) < 4.78 is 4.75. The molecule has 0 spiro atoms. The summed E-state index contributed by atoms with van der Waals surface area (Å²) in [6.45, 7) is 2.17. The lowest BCUT2D eigenvalue weighted by Crippen LogP contribution is -2.36. The van der Waals surface area contributed by atoms with Crippen molar-refractivity contribution in [1.29, 1.82) is 0 Å². The van der Waals surface area contributed by atoms with Crippen molar-refractivity contribution in [3.63, 3.8) is 0 Å². The van der Waals surface area contributed by atoms with Gasteiger partial charge in [-0.3, -0.25) is 4.79 Å². The van der Waals surface area contributed by atoms with Gasteiger partial charge in [0, 0.05) is 13.1 Å². The highest BCUT2D eigenvalue weighted by Gasteiger charge is 2.26. The van der Waals surface area contributed by atoms with Crippen molar-refractivity contribution in [3.8, 4) is 0 Å². The van der Waals surface area contributed by atoms with Gasteiger partial charge in [0.05, 0.1) is 5.60 Å². The molecule has 98 valence electrons. The predicted octanol–water partition coefficient (Wildman–Crippen LogP) is -0.149. The van der Waals surface area contributed by atoms with Crippen molar-refractivity contribution in [2.24, 2.45) is 0 Å². The molecule has 0 saturated carbocycles. The molecule has 1 fully saturated rings. The number of amides is 1. The minimum Gasteiger partial charge on any atom is -0.480 e. The summed E-state index contributed by atoms with van der Waals surface area (Å²) in [5, 5.41) is 18.2. The highest BCUT2D eigenvalue weighted by atomic mass is 16.5. The number of carboxylic acids is 1. The summed E-state index contributed by atoms with van der Waals surface area (Å²) in [4.78, 5) is 23.5. The minimum atomic E-state index is -1.09. The van der Waals surface area contributed by atoms with E-state index in [1.165, 1.54) is 0 Å². The first-order chi connectivity index (χ1) is 7.91. The summed E-state index contributed by atoms with van der Waals surface area (Å²) >= 11 is 0. The quantitative estimate of drug-likeness (QED) is 0.719. The average Bonchev–Trinajstić information content (AvgIpc) is 2.38. The number of hydrogen-bond acceptors (Lipinski definition) is 4. The molecule has 0 aromatic rings. The lowest BCUT2D eigenvalue weighted by molar-refractivity contribution is -0.145. The van der Waals surface area contributed by atoms with Gasteiger partial charge in [0.25, 0.3) is 0 Å². The van der Waals surface area contributed by atoms with E-state index in [4.69, 9.17) is 9.84 Å². The van der Waals surface area contributed by atoms with Gasteiger partial charge in [-0.2, -0.15) is 0 Å². The van der Waals surface area contributed by atoms with Gasteiger partial charge in [-0.15, -0.1) is 0 Å². The first-order valence-electron chi connectivity index (χ1n) is 5.70. The van der Waals surface area contributed by atoms with Crippen LogP contribution < -0.4 is 0 Å². The van der Waals surface area contributed by atoms with Crippen molar-refractivity contribution >= 4 is 11.9 Å². The molecule has 0 aliphatic carbocycles. The number of carbonyl (C=O) groups excluding carboxylic acids is 1. The molecule has 17 heavy (non-hydrogen) atoms. The summed E-state index contributed by atoms with van der Waals surface area (Å²) in [7, 11) is 0. The van der Waals surface area contributed by atoms with E-state index in [-0.39, 0.29) is 12.5 Å². The van der Waals surface area contributed by atoms with Crippen LogP contribution in [0.3, 0.4) is 0 Å². The van der Waals surface area contributed by atoms with E-state index in [1.54, 1.807) is 11.8 Å². The fraction of sp³-hybridized carbons (Fsp3) is 0.818. The van der Waals surface area contributed by atoms with Gasteiger partial charge >= 0.3 is 5.97 Å². The summed E-state index contributed by atoms with van der Waals surface area (Å²) in [6.07, 6.45) is 1.96. The van der Waals surface area contributed by atoms with E-state index in [9.17, 15) is 14.7 Å². The molecular weight excluding hydrogens is 226 g/mol. The number of ether oxygens (including phenoxy) is 1. The minimum absolute atomic E-state index is 0.214. The van der Waals surface area contributed by atoms with Gasteiger partial charge in [0.15, 0.2) is 0 Å². The third-order valence-corrected chi connectivity index (χ3v) is 2.87. The molecular formula is C11H19NO5. The SMILES string of the molecule is CC1(O)CCCN(C(=O)COCC(=O)O)CC1. The van der Waals surface area contributed by atoms with Crippen molar-refractivity contribution in [2.75, 3.05) is 26.3 Å². The largest absolute Gasteiger partial charge is 0.480 e. The number of hydrogen-bond donors (Lipinski definition) is 2. The maximum absolute atomic E-state index is 11.7. The molecule has 0 bridgehead atoms. The van der Waals surface area contributed by atoms with Crippen LogP contribution >= 0.6 is 0 Å². The Balaban J connectivity index is 2.34. The molecule has 1 rings (SSSR count). The number of nitrogens with zero attached hydrogens (tertiary/aromatic N) is 1. The Morgan fingerprint density at radius 3 is 2.65 bits per heavy atom. The number of carbonyl (C=O) groups is 2. The molecule has 1 amide bonds. The zero-order chi connectivity index (χ0) is 12.9. The Morgan fingerprint density at radius 2 is 2.00 bits per heavy atom. The third-order valence-electron chi connectivity index (χ3n) is 2.87. The summed E-state index contributed by atoms with van der Waals surface area (Å²) in [5.41, 5.74) is -0.711. The second-order valence-electron chi connectivity index (χ2n) is 4.62. The van der Waals surface area contributed by atoms with Gasteiger partial charge in [-0.05, 0) is 26.2 Å². The van der Waals surface area contributed by atoms with Crippen molar-refractivity contribution in [3.05, 3.63) is 0 Å². The van der Waals surface area contributed by atoms with Gasteiger partial charge in [-0.1, -0.05) is 0 Å². The number of likely N-dealkylation sites (tertiary alicyclic amines) is 1. The molecule has 1 unspecified atom stereocenters. The highest BCUT2D eigenvalue weighted by Crippen LogP contribution is 2.21. The normalized spacial score (nSPS) is 25.4. The molecule has 1 heterocycles. The monoisotopic (exact) mass is 245 g/mol. The maximum Gasteiger partial charge on any atom is 0.329 e. The molecule has 1 aliphatic rings. The first-order valence-corrected chi connectivity index (χ1v) is 5.70. The van der Waals surface area contributed by atoms with Crippen LogP contribution in [-0.2, 0) is 14.3 Å². The standard InChI is InChI=1S/C11H19NO5/c1-11(16)3-2-5-12(6-4-11)9(13)7-17-8-10(14)15/h16H,2-8H2,1H3,(H,14,15). The Hall–Kier alpha value is -1.14. The van der Waals surface area contributed by atoms with Gasteiger partial charge in [-0.25, -0.2) is 4.79 Å². The van der Waals surface area contributed by atoms with E-state index in [0.717, 1.165) is 6.42 Å². The Kier molecular flexibility index (Phi) is 4.89. The van der Waals surface area contributed by atoms with E-state index < -0.39 is 18.2 Å². The molecule has 0 aromatic heterocycles. The van der Waals surface area contributed by atoms with Gasteiger partial charge < -0.3 is 19.8 Å². The van der Waals surface area contributed by atoms with Crippen LogP contribution in [-0.4, -0.2) is 58.9 Å². The van der Waals surface area contributed by atoms with Crippen LogP contribution in [0.25, 0.3) is 0 Å². The molecule has 2 N–H and O–H groups in total. The molecule has 1 atom stereocenters. The molecule has 6 nitrogen and oxygen atoms in total. The molecule has 0 aromatic carbocycles. The van der Waals surface area contributed by atoms with E-state index in [0.29, 0.717) is 25.9 Å². The third kappa shape index (κ3) is 5.14. The molecule has 1 saturated heterocycles. The van der Waals surface area contributed by atoms with Crippen LogP contribution in [0.5, 0.6) is 0 Å². The van der Waals surface area contributed by atoms with Crippen LogP contribution in [0, 0.1) is 0 Å². The summed E-state index contributed by atoms with van der Waals surface area (Å²) in [5.74, 6) is -1.31. The van der Waals surface area contributed by atoms with Crippen LogP contribution in [0.15, 0.2) is 0 Å². The molecule has 6 heteroatoms.